The Bertz CT molecular complexity index is 246. The third kappa shape index (κ3) is 1.81. The average molecular weight is 181 g/mol. The summed E-state index contributed by atoms with van der Waals surface area (Å²) in [4.78, 5) is 15.3. The molecule has 0 aromatic rings. The van der Waals surface area contributed by atoms with Gasteiger partial charge in [0.15, 0.2) is 0 Å². The van der Waals surface area contributed by atoms with Crippen LogP contribution >= 0.6 is 0 Å². The molecule has 72 valence electrons. The normalized spacial score (nSPS) is 30.3. The monoisotopic (exact) mass is 181 g/mol. The van der Waals surface area contributed by atoms with Crippen LogP contribution in [0.25, 0.3) is 0 Å². The lowest BCUT2D eigenvalue weighted by atomic mass is 10.1. The van der Waals surface area contributed by atoms with Crippen LogP contribution in [0, 0.1) is 11.3 Å². The Hall–Kier alpha value is -1.08. The van der Waals surface area contributed by atoms with Gasteiger partial charge in [0.05, 0.1) is 12.5 Å². The molecule has 0 saturated carbocycles. The molecule has 0 N–H and O–H groups in total. The Balaban J connectivity index is 2.77. The number of hydrogen-bond acceptors (Lipinski definition) is 3. The van der Waals surface area contributed by atoms with E-state index < -0.39 is 0 Å². The first-order valence-electron chi connectivity index (χ1n) is 4.41. The van der Waals surface area contributed by atoms with E-state index in [-0.39, 0.29) is 18.4 Å². The number of carbonyl (C=O) groups excluding carboxylic acids is 1. The van der Waals surface area contributed by atoms with E-state index in [1.807, 2.05) is 11.9 Å². The number of amides is 1. The molecular formula is C9H15N3O. The summed E-state index contributed by atoms with van der Waals surface area (Å²) in [5.41, 5.74) is 0. The molecule has 0 aromatic carbocycles. The van der Waals surface area contributed by atoms with E-state index in [2.05, 4.69) is 13.0 Å². The number of nitrogens with zero attached hydrogens (tertiary/aromatic N) is 3. The summed E-state index contributed by atoms with van der Waals surface area (Å²) >= 11 is 0. The molecule has 0 radical (unpaired) electrons. The van der Waals surface area contributed by atoms with Crippen molar-refractivity contribution in [3.05, 3.63) is 0 Å². The van der Waals surface area contributed by atoms with Crippen LogP contribution in [0.15, 0.2) is 0 Å². The van der Waals surface area contributed by atoms with Crippen LogP contribution in [0.3, 0.4) is 0 Å². The number of piperazine rings is 1. The molecule has 1 saturated heterocycles. The number of rotatable bonds is 1. The van der Waals surface area contributed by atoms with E-state index >= 15 is 0 Å². The van der Waals surface area contributed by atoms with Crippen LogP contribution in [0.5, 0.6) is 0 Å². The summed E-state index contributed by atoms with van der Waals surface area (Å²) in [6.07, 6.45) is 0.282. The molecule has 1 amide bonds. The molecule has 4 heteroatoms. The molecule has 1 rings (SSSR count). The molecule has 13 heavy (non-hydrogen) atoms. The fraction of sp³-hybridized carbons (Fsp3) is 0.778. The van der Waals surface area contributed by atoms with Gasteiger partial charge in [0.25, 0.3) is 0 Å². The lowest BCUT2D eigenvalue weighted by Crippen LogP contribution is -2.58. The van der Waals surface area contributed by atoms with Crippen LogP contribution in [-0.2, 0) is 4.79 Å². The van der Waals surface area contributed by atoms with Gasteiger partial charge in [-0.2, -0.15) is 5.26 Å². The number of nitriles is 1. The van der Waals surface area contributed by atoms with Gasteiger partial charge < -0.3 is 4.90 Å². The molecule has 1 aliphatic heterocycles. The van der Waals surface area contributed by atoms with Crippen molar-refractivity contribution in [3.8, 4) is 6.07 Å². The van der Waals surface area contributed by atoms with E-state index in [4.69, 9.17) is 5.26 Å². The van der Waals surface area contributed by atoms with E-state index in [0.29, 0.717) is 6.04 Å². The second-order valence-electron chi connectivity index (χ2n) is 3.61. The van der Waals surface area contributed by atoms with E-state index in [9.17, 15) is 4.79 Å². The third-order valence-electron chi connectivity index (χ3n) is 2.67. The topological polar surface area (TPSA) is 47.3 Å². The molecular weight excluding hydrogens is 166 g/mol. The zero-order chi connectivity index (χ0) is 10.0. The standard InChI is InChI=1S/C9H15N3O/c1-7-6-11(2)9(13)8(4-5-10)12(7)3/h7-8H,4,6H2,1-3H3. The van der Waals surface area contributed by atoms with E-state index in [1.165, 1.54) is 0 Å². The Morgan fingerprint density at radius 3 is 2.77 bits per heavy atom. The maximum atomic E-state index is 11.6. The molecule has 1 fully saturated rings. The van der Waals surface area contributed by atoms with Crippen molar-refractivity contribution >= 4 is 5.91 Å². The SMILES string of the molecule is CC1CN(C)C(=O)C(CC#N)N1C. The first-order chi connectivity index (χ1) is 6.07. The highest BCUT2D eigenvalue weighted by Crippen LogP contribution is 2.15. The molecule has 0 bridgehead atoms. The Morgan fingerprint density at radius 1 is 1.62 bits per heavy atom. The summed E-state index contributed by atoms with van der Waals surface area (Å²) in [6.45, 7) is 2.81. The maximum absolute atomic E-state index is 11.6. The van der Waals surface area contributed by atoms with Gasteiger partial charge in [-0.25, -0.2) is 0 Å². The summed E-state index contributed by atoms with van der Waals surface area (Å²) in [5.74, 6) is 0.0575. The highest BCUT2D eigenvalue weighted by molar-refractivity contribution is 5.82. The highest BCUT2D eigenvalue weighted by Gasteiger charge is 2.34. The summed E-state index contributed by atoms with van der Waals surface area (Å²) in [5, 5.41) is 8.58. The summed E-state index contributed by atoms with van der Waals surface area (Å²) < 4.78 is 0. The van der Waals surface area contributed by atoms with Crippen molar-refractivity contribution in [1.29, 1.82) is 5.26 Å². The molecule has 0 aliphatic carbocycles. The van der Waals surface area contributed by atoms with Crippen LogP contribution in [0.4, 0.5) is 0 Å². The smallest absolute Gasteiger partial charge is 0.240 e. The van der Waals surface area contributed by atoms with Crippen molar-refractivity contribution in [1.82, 2.24) is 9.80 Å². The summed E-state index contributed by atoms with van der Waals surface area (Å²) in [7, 11) is 3.69. The van der Waals surface area contributed by atoms with Gasteiger partial charge in [-0.1, -0.05) is 0 Å². The molecule has 4 nitrogen and oxygen atoms in total. The molecule has 2 atom stereocenters. The predicted molar refractivity (Wildman–Crippen MR) is 48.9 cm³/mol. The molecule has 1 aliphatic rings. The quantitative estimate of drug-likeness (QED) is 0.574. The Labute approximate surface area is 78.7 Å². The largest absolute Gasteiger partial charge is 0.343 e. The molecule has 1 heterocycles. The van der Waals surface area contributed by atoms with Crippen molar-refractivity contribution in [2.45, 2.75) is 25.4 Å². The van der Waals surface area contributed by atoms with Crippen LogP contribution in [-0.4, -0.2) is 48.4 Å². The minimum absolute atomic E-state index is 0.0575. The van der Waals surface area contributed by atoms with Gasteiger partial charge >= 0.3 is 0 Å². The van der Waals surface area contributed by atoms with E-state index in [1.54, 1.807) is 11.9 Å². The zero-order valence-electron chi connectivity index (χ0n) is 8.32. The van der Waals surface area contributed by atoms with Crippen LogP contribution in [0.2, 0.25) is 0 Å². The van der Waals surface area contributed by atoms with Gasteiger partial charge in [0.2, 0.25) is 5.91 Å². The van der Waals surface area contributed by atoms with E-state index in [0.717, 1.165) is 6.54 Å². The third-order valence-corrected chi connectivity index (χ3v) is 2.67. The number of likely N-dealkylation sites (N-methyl/N-ethyl adjacent to an activating group) is 2. The number of hydrogen-bond donors (Lipinski definition) is 0. The highest BCUT2D eigenvalue weighted by atomic mass is 16.2. The fourth-order valence-corrected chi connectivity index (χ4v) is 1.67. The minimum Gasteiger partial charge on any atom is -0.343 e. The fourth-order valence-electron chi connectivity index (χ4n) is 1.67. The Morgan fingerprint density at radius 2 is 2.23 bits per heavy atom. The maximum Gasteiger partial charge on any atom is 0.240 e. The summed E-state index contributed by atoms with van der Waals surface area (Å²) in [6, 6.07) is 2.13. The van der Waals surface area contributed by atoms with Crippen molar-refractivity contribution < 1.29 is 4.79 Å². The van der Waals surface area contributed by atoms with Crippen LogP contribution < -0.4 is 0 Å². The average Bonchev–Trinajstić information content (AvgIpc) is 2.09. The number of carbonyl (C=O) groups is 1. The Kier molecular flexibility index (Phi) is 2.89. The van der Waals surface area contributed by atoms with Gasteiger partial charge in [-0.3, -0.25) is 9.69 Å². The first-order valence-corrected chi connectivity index (χ1v) is 4.41. The molecule has 0 aromatic heterocycles. The lowest BCUT2D eigenvalue weighted by molar-refractivity contribution is -0.141. The second kappa shape index (κ2) is 3.75. The van der Waals surface area contributed by atoms with Crippen LogP contribution in [0.1, 0.15) is 13.3 Å². The van der Waals surface area contributed by atoms with Crippen molar-refractivity contribution in [3.63, 3.8) is 0 Å². The second-order valence-corrected chi connectivity index (χ2v) is 3.61. The van der Waals surface area contributed by atoms with Gasteiger partial charge in [-0.15, -0.1) is 0 Å². The zero-order valence-corrected chi connectivity index (χ0v) is 8.32. The van der Waals surface area contributed by atoms with Gasteiger partial charge in [0.1, 0.15) is 6.04 Å². The van der Waals surface area contributed by atoms with Gasteiger partial charge in [0, 0.05) is 19.6 Å². The molecule has 2 unspecified atom stereocenters. The van der Waals surface area contributed by atoms with Crippen molar-refractivity contribution in [2.24, 2.45) is 0 Å². The minimum atomic E-state index is -0.251. The molecule has 0 spiro atoms. The van der Waals surface area contributed by atoms with Crippen molar-refractivity contribution in [2.75, 3.05) is 20.6 Å². The van der Waals surface area contributed by atoms with Gasteiger partial charge in [-0.05, 0) is 14.0 Å². The first kappa shape index (κ1) is 10.0. The lowest BCUT2D eigenvalue weighted by Gasteiger charge is -2.40. The predicted octanol–water partition coefficient (Wildman–Crippen LogP) is 0.0610.